The molecule has 0 aromatic heterocycles. The van der Waals surface area contributed by atoms with Crippen LogP contribution in [0.1, 0.15) is 6.42 Å². The van der Waals surface area contributed by atoms with Gasteiger partial charge in [0.15, 0.2) is 0 Å². The summed E-state index contributed by atoms with van der Waals surface area (Å²) < 4.78 is 1.05. The predicted molar refractivity (Wildman–Crippen MR) is 60.3 cm³/mol. The molecule has 0 saturated carbocycles. The average molecular weight is 227 g/mol. The number of rotatable bonds is 2. The highest BCUT2D eigenvalue weighted by molar-refractivity contribution is 8.30. The molecule has 0 unspecified atom stereocenters. The zero-order valence-corrected chi connectivity index (χ0v) is 8.98. The van der Waals surface area contributed by atoms with Crippen LogP contribution < -0.4 is 5.84 Å². The molecule has 1 amide bonds. The minimum atomic E-state index is 0.183. The third-order valence-electron chi connectivity index (χ3n) is 1.95. The summed E-state index contributed by atoms with van der Waals surface area (Å²) >= 11 is 3.11. The second-order valence-electron chi connectivity index (χ2n) is 2.80. The molecule has 74 valence electrons. The maximum absolute atomic E-state index is 11.1. The number of thioether (sulfide) groups is 2. The lowest BCUT2D eigenvalue weighted by Crippen LogP contribution is -2.44. The molecule has 6 heteroatoms. The van der Waals surface area contributed by atoms with Gasteiger partial charge in [0.25, 0.3) is 0 Å². The Morgan fingerprint density at radius 1 is 1.93 bits per heavy atom. The van der Waals surface area contributed by atoms with Gasteiger partial charge in [-0.3, -0.25) is 4.79 Å². The number of hydrogen-bond donors (Lipinski definition) is 1. The van der Waals surface area contributed by atoms with E-state index in [1.54, 1.807) is 22.7 Å². The van der Waals surface area contributed by atoms with Gasteiger partial charge >= 0.3 is 0 Å². The summed E-state index contributed by atoms with van der Waals surface area (Å²) in [4.78, 5) is 12.8. The zero-order chi connectivity index (χ0) is 10.1. The van der Waals surface area contributed by atoms with E-state index in [2.05, 4.69) is 11.7 Å². The molecule has 2 aliphatic heterocycles. The highest BCUT2D eigenvalue weighted by atomic mass is 32.2. The van der Waals surface area contributed by atoms with Crippen molar-refractivity contribution in [2.24, 2.45) is 10.9 Å². The lowest BCUT2D eigenvalue weighted by Gasteiger charge is -2.31. The lowest BCUT2D eigenvalue weighted by molar-refractivity contribution is -0.137. The first kappa shape index (κ1) is 9.67. The summed E-state index contributed by atoms with van der Waals surface area (Å²) in [6.45, 7) is 3.59. The quantitative estimate of drug-likeness (QED) is 0.254. The molecule has 4 nitrogen and oxygen atoms in total. The summed E-state index contributed by atoms with van der Waals surface area (Å²) in [5.74, 6) is 5.34. The van der Waals surface area contributed by atoms with E-state index in [0.717, 1.165) is 4.24 Å². The van der Waals surface area contributed by atoms with E-state index in [-0.39, 0.29) is 5.91 Å². The maximum Gasteiger partial charge on any atom is 0.230 e. The zero-order valence-electron chi connectivity index (χ0n) is 7.34. The highest BCUT2D eigenvalue weighted by Gasteiger charge is 2.40. The Bertz CT molecular complexity index is 350. The van der Waals surface area contributed by atoms with Crippen LogP contribution in [0.2, 0.25) is 0 Å². The number of carbonyl (C=O) groups is 1. The molecule has 0 spiro atoms. The normalized spacial score (nSPS) is 25.6. The Hall–Kier alpha value is -0.880. The number of amides is 1. The van der Waals surface area contributed by atoms with E-state index in [9.17, 15) is 4.79 Å². The fourth-order valence-corrected chi connectivity index (χ4v) is 3.46. The van der Waals surface area contributed by atoms with Crippen LogP contribution in [-0.2, 0) is 4.79 Å². The molecule has 0 radical (unpaired) electrons. The molecule has 0 aromatic carbocycles. The van der Waals surface area contributed by atoms with E-state index in [4.69, 9.17) is 5.84 Å². The number of hydrazone groups is 1. The van der Waals surface area contributed by atoms with Crippen molar-refractivity contribution >= 4 is 34.5 Å². The van der Waals surface area contributed by atoms with Crippen LogP contribution in [0.15, 0.2) is 28.2 Å². The summed E-state index contributed by atoms with van der Waals surface area (Å²) in [5.41, 5.74) is 0. The monoisotopic (exact) mass is 227 g/mol. The Labute approximate surface area is 90.3 Å². The number of fused-ring (bicyclic) bond motifs is 1. The van der Waals surface area contributed by atoms with Gasteiger partial charge in [0, 0.05) is 6.20 Å². The Balaban J connectivity index is 2.01. The number of hydrogen-bond acceptors (Lipinski definition) is 5. The first-order valence-corrected chi connectivity index (χ1v) is 5.72. The van der Waals surface area contributed by atoms with Gasteiger partial charge in [-0.15, -0.1) is 0 Å². The van der Waals surface area contributed by atoms with Gasteiger partial charge in [0.05, 0.1) is 16.0 Å². The van der Waals surface area contributed by atoms with Crippen LogP contribution in [0.25, 0.3) is 0 Å². The molecule has 1 atom stereocenters. The van der Waals surface area contributed by atoms with Gasteiger partial charge < -0.3 is 10.7 Å². The molecule has 14 heavy (non-hydrogen) atoms. The van der Waals surface area contributed by atoms with Crippen LogP contribution in [0, 0.1) is 0 Å². The topological polar surface area (TPSA) is 58.7 Å². The van der Waals surface area contributed by atoms with Gasteiger partial charge in [0.2, 0.25) is 5.91 Å². The molecule has 2 heterocycles. The molecule has 1 saturated heterocycles. The second kappa shape index (κ2) is 3.70. The maximum atomic E-state index is 11.1. The third kappa shape index (κ3) is 1.55. The molecule has 0 aromatic rings. The number of β-lactam (4-membered cyclic amide) rings is 1. The van der Waals surface area contributed by atoms with E-state index in [0.29, 0.717) is 16.8 Å². The van der Waals surface area contributed by atoms with E-state index < -0.39 is 0 Å². The van der Waals surface area contributed by atoms with Crippen LogP contribution in [-0.4, -0.2) is 21.2 Å². The minimum Gasteiger partial charge on any atom is -0.322 e. The molecule has 0 aliphatic carbocycles. The van der Waals surface area contributed by atoms with Crippen molar-refractivity contribution in [2.75, 3.05) is 0 Å². The molecule has 0 bridgehead atoms. The van der Waals surface area contributed by atoms with Crippen LogP contribution in [0.5, 0.6) is 0 Å². The molecule has 2 rings (SSSR count). The van der Waals surface area contributed by atoms with E-state index in [1.807, 2.05) is 6.20 Å². The van der Waals surface area contributed by atoms with Crippen molar-refractivity contribution in [3.05, 3.63) is 23.1 Å². The summed E-state index contributed by atoms with van der Waals surface area (Å²) in [7, 11) is 0. The smallest absolute Gasteiger partial charge is 0.230 e. The molecule has 2 aliphatic rings. The van der Waals surface area contributed by atoms with Crippen molar-refractivity contribution in [2.45, 2.75) is 11.8 Å². The van der Waals surface area contributed by atoms with Crippen molar-refractivity contribution in [3.63, 3.8) is 0 Å². The Morgan fingerprint density at radius 2 is 2.71 bits per heavy atom. The highest BCUT2D eigenvalue weighted by Crippen LogP contribution is 2.46. The van der Waals surface area contributed by atoms with Crippen molar-refractivity contribution in [1.29, 1.82) is 0 Å². The van der Waals surface area contributed by atoms with Crippen LogP contribution in [0.4, 0.5) is 0 Å². The SMILES string of the molecule is C=CC(=NN)SC1=CN2C(=O)C[C@H]2S1. The molecular formula is C8H9N3OS2. The van der Waals surface area contributed by atoms with Gasteiger partial charge in [-0.1, -0.05) is 30.1 Å². The lowest BCUT2D eigenvalue weighted by atomic mass is 10.2. The standard InChI is InChI=1S/C8H9N3OS2/c1-2-5(10-9)13-8-4-11-6(12)3-7(11)14-8/h2,4,7H,1,3,9H2/t7-/m1/s1. The Morgan fingerprint density at radius 3 is 3.21 bits per heavy atom. The Kier molecular flexibility index (Phi) is 2.56. The summed E-state index contributed by atoms with van der Waals surface area (Å²) in [6.07, 6.45) is 4.08. The molecule has 1 fully saturated rings. The van der Waals surface area contributed by atoms with Crippen molar-refractivity contribution in [1.82, 2.24) is 4.90 Å². The van der Waals surface area contributed by atoms with E-state index >= 15 is 0 Å². The van der Waals surface area contributed by atoms with Gasteiger partial charge in [0.1, 0.15) is 5.04 Å². The van der Waals surface area contributed by atoms with Gasteiger partial charge in [-0.2, -0.15) is 5.10 Å². The first-order valence-electron chi connectivity index (χ1n) is 4.02. The average Bonchev–Trinajstić information content (AvgIpc) is 2.51. The number of nitrogens with zero attached hydrogens (tertiary/aromatic N) is 2. The fraction of sp³-hybridized carbons (Fsp3) is 0.250. The summed E-state index contributed by atoms with van der Waals surface area (Å²) in [5, 5.41) is 4.53. The molecular weight excluding hydrogens is 218 g/mol. The van der Waals surface area contributed by atoms with E-state index in [1.165, 1.54) is 11.8 Å². The second-order valence-corrected chi connectivity index (χ2v) is 5.34. The van der Waals surface area contributed by atoms with Gasteiger partial charge in [-0.05, 0) is 6.08 Å². The van der Waals surface area contributed by atoms with Crippen LogP contribution in [0.3, 0.4) is 0 Å². The van der Waals surface area contributed by atoms with Crippen LogP contribution >= 0.6 is 23.5 Å². The first-order chi connectivity index (χ1) is 6.74. The number of nitrogens with two attached hydrogens (primary N) is 1. The fourth-order valence-electron chi connectivity index (χ4n) is 1.21. The molecule has 2 N–H and O–H groups in total. The van der Waals surface area contributed by atoms with Crippen molar-refractivity contribution in [3.8, 4) is 0 Å². The van der Waals surface area contributed by atoms with Crippen molar-refractivity contribution < 1.29 is 4.79 Å². The predicted octanol–water partition coefficient (Wildman–Crippen LogP) is 1.28. The summed E-state index contributed by atoms with van der Waals surface area (Å²) in [6, 6.07) is 0. The minimum absolute atomic E-state index is 0.183. The van der Waals surface area contributed by atoms with Gasteiger partial charge in [-0.25, -0.2) is 0 Å². The number of carbonyl (C=O) groups excluding carboxylic acids is 1. The third-order valence-corrected chi connectivity index (χ3v) is 4.28. The largest absolute Gasteiger partial charge is 0.322 e.